The highest BCUT2D eigenvalue weighted by Gasteiger charge is 2.39. The SMILES string of the molecule is CCC1(C)NC(=O)CCN(Cc2cc(C)c(C)s2)C1=O. The molecule has 1 atom stereocenters. The van der Waals surface area contributed by atoms with E-state index in [2.05, 4.69) is 25.2 Å². The Balaban J connectivity index is 2.21. The molecule has 0 aliphatic carbocycles. The second-order valence-electron chi connectivity index (χ2n) is 5.66. The van der Waals surface area contributed by atoms with Crippen LogP contribution in [0.5, 0.6) is 0 Å². The molecule has 2 amide bonds. The monoisotopic (exact) mass is 294 g/mol. The first-order chi connectivity index (χ1) is 9.35. The van der Waals surface area contributed by atoms with E-state index in [-0.39, 0.29) is 11.8 Å². The first-order valence-corrected chi connectivity index (χ1v) is 7.83. The van der Waals surface area contributed by atoms with Crippen LogP contribution in [-0.2, 0) is 16.1 Å². The average Bonchev–Trinajstić information content (AvgIpc) is 2.66. The molecule has 0 spiro atoms. The maximum atomic E-state index is 12.7. The molecule has 20 heavy (non-hydrogen) atoms. The van der Waals surface area contributed by atoms with Crippen molar-refractivity contribution in [2.75, 3.05) is 6.54 Å². The van der Waals surface area contributed by atoms with Gasteiger partial charge in [-0.3, -0.25) is 9.59 Å². The fourth-order valence-corrected chi connectivity index (χ4v) is 3.49. The lowest BCUT2D eigenvalue weighted by atomic mass is 9.97. The lowest BCUT2D eigenvalue weighted by Crippen LogP contribution is -2.54. The van der Waals surface area contributed by atoms with E-state index in [4.69, 9.17) is 0 Å². The number of carbonyl (C=O) groups excluding carboxylic acids is 2. The van der Waals surface area contributed by atoms with Crippen molar-refractivity contribution in [1.82, 2.24) is 10.2 Å². The second kappa shape index (κ2) is 5.56. The van der Waals surface area contributed by atoms with E-state index in [1.807, 2.05) is 18.7 Å². The standard InChI is InChI=1S/C15H22N2O2S/c1-5-15(4)14(19)17(7-6-13(18)16-15)9-12-8-10(2)11(3)20-12/h8H,5-7,9H2,1-4H3,(H,16,18). The zero-order chi connectivity index (χ0) is 14.9. The summed E-state index contributed by atoms with van der Waals surface area (Å²) in [6.07, 6.45) is 0.987. The van der Waals surface area contributed by atoms with Crippen LogP contribution in [-0.4, -0.2) is 28.8 Å². The highest BCUT2D eigenvalue weighted by Crippen LogP contribution is 2.25. The molecule has 1 aliphatic heterocycles. The molecule has 0 aromatic carbocycles. The van der Waals surface area contributed by atoms with Crippen molar-refractivity contribution in [2.45, 2.75) is 52.6 Å². The molecule has 1 aromatic rings. The van der Waals surface area contributed by atoms with Gasteiger partial charge < -0.3 is 10.2 Å². The van der Waals surface area contributed by atoms with Gasteiger partial charge in [0.1, 0.15) is 5.54 Å². The van der Waals surface area contributed by atoms with Gasteiger partial charge in [-0.15, -0.1) is 11.3 Å². The van der Waals surface area contributed by atoms with Crippen LogP contribution >= 0.6 is 11.3 Å². The summed E-state index contributed by atoms with van der Waals surface area (Å²) in [7, 11) is 0. The molecule has 1 fully saturated rings. The van der Waals surface area contributed by atoms with E-state index in [1.54, 1.807) is 11.3 Å². The molecule has 1 unspecified atom stereocenters. The first-order valence-electron chi connectivity index (χ1n) is 7.02. The van der Waals surface area contributed by atoms with Crippen LogP contribution in [0.3, 0.4) is 0 Å². The third kappa shape index (κ3) is 2.87. The molecule has 1 saturated heterocycles. The molecular formula is C15H22N2O2S. The summed E-state index contributed by atoms with van der Waals surface area (Å²) in [6, 6.07) is 2.14. The average molecular weight is 294 g/mol. The van der Waals surface area contributed by atoms with Crippen LogP contribution in [0, 0.1) is 13.8 Å². The number of hydrogen-bond acceptors (Lipinski definition) is 3. The molecule has 2 rings (SSSR count). The lowest BCUT2D eigenvalue weighted by Gasteiger charge is -2.31. The molecule has 0 bridgehead atoms. The number of nitrogens with zero attached hydrogens (tertiary/aromatic N) is 1. The van der Waals surface area contributed by atoms with Gasteiger partial charge in [-0.05, 0) is 38.8 Å². The van der Waals surface area contributed by atoms with Gasteiger partial charge in [-0.2, -0.15) is 0 Å². The van der Waals surface area contributed by atoms with Gasteiger partial charge in [-0.25, -0.2) is 0 Å². The fraction of sp³-hybridized carbons (Fsp3) is 0.600. The number of hydrogen-bond donors (Lipinski definition) is 1. The van der Waals surface area contributed by atoms with Crippen molar-refractivity contribution < 1.29 is 9.59 Å². The number of thiophene rings is 1. The van der Waals surface area contributed by atoms with E-state index < -0.39 is 5.54 Å². The largest absolute Gasteiger partial charge is 0.342 e. The maximum Gasteiger partial charge on any atom is 0.248 e. The van der Waals surface area contributed by atoms with Gasteiger partial charge in [0.05, 0.1) is 6.54 Å². The molecule has 0 radical (unpaired) electrons. The highest BCUT2D eigenvalue weighted by atomic mass is 32.1. The predicted molar refractivity (Wildman–Crippen MR) is 80.7 cm³/mol. The smallest absolute Gasteiger partial charge is 0.248 e. The normalized spacial score (nSPS) is 23.7. The predicted octanol–water partition coefficient (Wildman–Crippen LogP) is 2.38. The molecule has 1 aliphatic rings. The number of aryl methyl sites for hydroxylation is 2. The zero-order valence-corrected chi connectivity index (χ0v) is 13.4. The minimum atomic E-state index is -0.769. The van der Waals surface area contributed by atoms with Crippen LogP contribution < -0.4 is 5.32 Å². The summed E-state index contributed by atoms with van der Waals surface area (Å²) in [5.74, 6) is -0.0155. The topological polar surface area (TPSA) is 49.4 Å². The van der Waals surface area contributed by atoms with E-state index in [9.17, 15) is 9.59 Å². The van der Waals surface area contributed by atoms with Gasteiger partial charge in [-0.1, -0.05) is 6.92 Å². The summed E-state index contributed by atoms with van der Waals surface area (Å²) in [4.78, 5) is 28.7. The third-order valence-electron chi connectivity index (χ3n) is 4.05. The number of nitrogens with one attached hydrogen (secondary N) is 1. The van der Waals surface area contributed by atoms with Gasteiger partial charge in [0, 0.05) is 22.7 Å². The Hall–Kier alpha value is -1.36. The van der Waals surface area contributed by atoms with Crippen LogP contribution in [0.15, 0.2) is 6.07 Å². The zero-order valence-electron chi connectivity index (χ0n) is 12.6. The van der Waals surface area contributed by atoms with E-state index >= 15 is 0 Å². The summed E-state index contributed by atoms with van der Waals surface area (Å²) in [5.41, 5.74) is 0.495. The molecule has 1 N–H and O–H groups in total. The quantitative estimate of drug-likeness (QED) is 0.930. The minimum absolute atomic E-state index is 0.0227. The Kier molecular flexibility index (Phi) is 4.18. The second-order valence-corrected chi connectivity index (χ2v) is 7.00. The maximum absolute atomic E-state index is 12.7. The Morgan fingerprint density at radius 2 is 2.10 bits per heavy atom. The fourth-order valence-electron chi connectivity index (χ4n) is 2.42. The summed E-state index contributed by atoms with van der Waals surface area (Å²) in [6.45, 7) is 9.02. The van der Waals surface area contributed by atoms with Crippen molar-refractivity contribution in [2.24, 2.45) is 0 Å². The summed E-state index contributed by atoms with van der Waals surface area (Å²) in [5, 5.41) is 2.86. The van der Waals surface area contributed by atoms with Crippen LogP contribution in [0.1, 0.15) is 42.0 Å². The van der Waals surface area contributed by atoms with Gasteiger partial charge in [0.15, 0.2) is 0 Å². The molecule has 4 nitrogen and oxygen atoms in total. The van der Waals surface area contributed by atoms with Crippen molar-refractivity contribution in [1.29, 1.82) is 0 Å². The summed E-state index contributed by atoms with van der Waals surface area (Å²) < 4.78 is 0. The molecular weight excluding hydrogens is 272 g/mol. The molecule has 5 heteroatoms. The van der Waals surface area contributed by atoms with E-state index in [1.165, 1.54) is 15.3 Å². The molecule has 2 heterocycles. The Morgan fingerprint density at radius 3 is 2.65 bits per heavy atom. The van der Waals surface area contributed by atoms with Crippen LogP contribution in [0.2, 0.25) is 0 Å². The van der Waals surface area contributed by atoms with E-state index in [0.717, 1.165) is 0 Å². The first kappa shape index (κ1) is 15.0. The van der Waals surface area contributed by atoms with Crippen molar-refractivity contribution in [3.8, 4) is 0 Å². The molecule has 1 aromatic heterocycles. The van der Waals surface area contributed by atoms with Crippen molar-refractivity contribution in [3.05, 3.63) is 21.4 Å². The van der Waals surface area contributed by atoms with Crippen LogP contribution in [0.25, 0.3) is 0 Å². The Bertz CT molecular complexity index is 518. The van der Waals surface area contributed by atoms with Crippen molar-refractivity contribution in [3.63, 3.8) is 0 Å². The molecule has 0 saturated carbocycles. The molecule has 110 valence electrons. The minimum Gasteiger partial charge on any atom is -0.342 e. The number of carbonyl (C=O) groups is 2. The Morgan fingerprint density at radius 1 is 1.40 bits per heavy atom. The lowest BCUT2D eigenvalue weighted by molar-refractivity contribution is -0.138. The van der Waals surface area contributed by atoms with Gasteiger partial charge in [0.25, 0.3) is 0 Å². The Labute approximate surface area is 124 Å². The van der Waals surface area contributed by atoms with E-state index in [0.29, 0.717) is 25.9 Å². The number of rotatable bonds is 3. The van der Waals surface area contributed by atoms with Gasteiger partial charge >= 0.3 is 0 Å². The van der Waals surface area contributed by atoms with Crippen LogP contribution in [0.4, 0.5) is 0 Å². The number of amides is 2. The summed E-state index contributed by atoms with van der Waals surface area (Å²) >= 11 is 1.73. The van der Waals surface area contributed by atoms with Gasteiger partial charge in [0.2, 0.25) is 11.8 Å². The van der Waals surface area contributed by atoms with Crippen molar-refractivity contribution >= 4 is 23.2 Å². The highest BCUT2D eigenvalue weighted by molar-refractivity contribution is 7.12. The third-order valence-corrected chi connectivity index (χ3v) is 5.19.